The highest BCUT2D eigenvalue weighted by Gasteiger charge is 2.23. The first-order valence-electron chi connectivity index (χ1n) is 8.78. The monoisotopic (exact) mass is 325 g/mol. The molecule has 124 valence electrons. The molecule has 2 heteroatoms. The fourth-order valence-electron chi connectivity index (χ4n) is 3.18. The van der Waals surface area contributed by atoms with Gasteiger partial charge in [-0.25, -0.2) is 0 Å². The molecule has 0 amide bonds. The van der Waals surface area contributed by atoms with Gasteiger partial charge < -0.3 is 4.81 Å². The highest BCUT2D eigenvalue weighted by molar-refractivity contribution is 6.82. The summed E-state index contributed by atoms with van der Waals surface area (Å²) in [5.74, 6) is 0. The van der Waals surface area contributed by atoms with E-state index in [4.69, 9.17) is 0 Å². The summed E-state index contributed by atoms with van der Waals surface area (Å²) in [5.41, 5.74) is 5.24. The second-order valence-electron chi connectivity index (χ2n) is 6.42. The molecule has 0 aliphatic carbocycles. The molecule has 0 radical (unpaired) electrons. The van der Waals surface area contributed by atoms with Crippen LogP contribution in [0.4, 0.5) is 0 Å². The van der Waals surface area contributed by atoms with Crippen LogP contribution in [-0.2, 0) is 0 Å². The van der Waals surface area contributed by atoms with Gasteiger partial charge in [-0.2, -0.15) is 0 Å². The minimum atomic E-state index is 0.252. The molecular formula is C23H24BN. The van der Waals surface area contributed by atoms with Crippen molar-refractivity contribution in [3.8, 4) is 0 Å². The number of hydrogen-bond acceptors (Lipinski definition) is 1. The van der Waals surface area contributed by atoms with E-state index in [0.29, 0.717) is 0 Å². The third-order valence-electron chi connectivity index (χ3n) is 4.59. The van der Waals surface area contributed by atoms with Gasteiger partial charge in [-0.05, 0) is 25.1 Å². The Balaban J connectivity index is 1.84. The molecule has 0 atom stereocenters. The van der Waals surface area contributed by atoms with Crippen molar-refractivity contribution in [3.05, 3.63) is 103 Å². The quantitative estimate of drug-likeness (QED) is 0.623. The summed E-state index contributed by atoms with van der Waals surface area (Å²) in [6.45, 7) is 3.33. The summed E-state index contributed by atoms with van der Waals surface area (Å²) < 4.78 is 0. The van der Waals surface area contributed by atoms with Gasteiger partial charge in [0.1, 0.15) is 0 Å². The molecule has 1 nitrogen and oxygen atoms in total. The Bertz CT molecular complexity index is 758. The smallest absolute Gasteiger partial charge is 0.292 e. The number of allylic oxidation sites excluding steroid dienone is 1. The van der Waals surface area contributed by atoms with E-state index in [0.717, 1.165) is 6.54 Å². The van der Waals surface area contributed by atoms with E-state index in [-0.39, 0.29) is 6.85 Å². The number of likely N-dealkylation sites (N-methyl/N-ethyl adjacent to an activating group) is 1. The van der Waals surface area contributed by atoms with Gasteiger partial charge in [0.05, 0.1) is 0 Å². The van der Waals surface area contributed by atoms with Crippen LogP contribution in [0.15, 0.2) is 97.1 Å². The van der Waals surface area contributed by atoms with Gasteiger partial charge in [-0.3, -0.25) is 0 Å². The molecule has 0 spiro atoms. The molecule has 0 unspecified atom stereocenters. The van der Waals surface area contributed by atoms with Crippen molar-refractivity contribution >= 4 is 23.3 Å². The van der Waals surface area contributed by atoms with Crippen molar-refractivity contribution in [2.45, 2.75) is 6.92 Å². The van der Waals surface area contributed by atoms with Gasteiger partial charge in [0.25, 0.3) is 6.85 Å². The highest BCUT2D eigenvalue weighted by Crippen LogP contribution is 2.12. The summed E-state index contributed by atoms with van der Waals surface area (Å²) in [5, 5.41) is 0. The lowest BCUT2D eigenvalue weighted by molar-refractivity contribution is 0.595. The van der Waals surface area contributed by atoms with E-state index in [2.05, 4.69) is 116 Å². The van der Waals surface area contributed by atoms with Crippen LogP contribution in [0.25, 0.3) is 5.57 Å². The topological polar surface area (TPSA) is 3.24 Å². The van der Waals surface area contributed by atoms with Gasteiger partial charge in [0, 0.05) is 6.54 Å². The van der Waals surface area contributed by atoms with Crippen LogP contribution < -0.4 is 10.9 Å². The molecule has 0 fully saturated rings. The first-order chi connectivity index (χ1) is 12.3. The molecular weight excluding hydrogens is 301 g/mol. The van der Waals surface area contributed by atoms with Gasteiger partial charge >= 0.3 is 0 Å². The van der Waals surface area contributed by atoms with Gasteiger partial charge in [0.2, 0.25) is 0 Å². The third kappa shape index (κ3) is 4.49. The van der Waals surface area contributed by atoms with Crippen LogP contribution >= 0.6 is 0 Å². The Hall–Kier alpha value is -2.58. The van der Waals surface area contributed by atoms with Crippen molar-refractivity contribution in [2.75, 3.05) is 13.6 Å². The summed E-state index contributed by atoms with van der Waals surface area (Å²) in [6, 6.07) is 32.0. The van der Waals surface area contributed by atoms with Crippen molar-refractivity contribution in [3.63, 3.8) is 0 Å². The molecule has 0 aromatic heterocycles. The molecule has 3 aromatic carbocycles. The van der Waals surface area contributed by atoms with E-state index in [1.807, 2.05) is 0 Å². The molecule has 0 heterocycles. The predicted octanol–water partition coefficient (Wildman–Crippen LogP) is 3.83. The summed E-state index contributed by atoms with van der Waals surface area (Å²) in [6.07, 6.45) is 2.31. The van der Waals surface area contributed by atoms with Crippen LogP contribution in [0.3, 0.4) is 0 Å². The Labute approximate surface area is 151 Å². The Morgan fingerprint density at radius 3 is 1.68 bits per heavy atom. The second-order valence-corrected chi connectivity index (χ2v) is 6.42. The average molecular weight is 325 g/mol. The first kappa shape index (κ1) is 17.3. The number of rotatable bonds is 6. The van der Waals surface area contributed by atoms with Crippen LogP contribution in [0, 0.1) is 0 Å². The molecule has 0 aliphatic heterocycles. The Kier molecular flexibility index (Phi) is 5.87. The van der Waals surface area contributed by atoms with Gasteiger partial charge in [-0.1, -0.05) is 108 Å². The number of benzene rings is 3. The lowest BCUT2D eigenvalue weighted by Gasteiger charge is -2.25. The molecule has 3 aromatic rings. The van der Waals surface area contributed by atoms with Crippen LogP contribution in [0.5, 0.6) is 0 Å². The van der Waals surface area contributed by atoms with E-state index >= 15 is 0 Å². The molecule has 0 aliphatic rings. The zero-order valence-electron chi connectivity index (χ0n) is 15.0. The third-order valence-corrected chi connectivity index (χ3v) is 4.59. The SMILES string of the molecule is C/C(=C\CN(C)B(c1ccccc1)c1ccccc1)c1ccccc1. The van der Waals surface area contributed by atoms with Gasteiger partial charge in [0.15, 0.2) is 0 Å². The largest absolute Gasteiger partial charge is 0.333 e. The summed E-state index contributed by atoms with van der Waals surface area (Å²) in [4.78, 5) is 2.40. The second kappa shape index (κ2) is 8.50. The van der Waals surface area contributed by atoms with Crippen molar-refractivity contribution in [1.82, 2.24) is 4.81 Å². The molecule has 0 saturated carbocycles. The maximum Gasteiger partial charge on any atom is 0.292 e. The van der Waals surface area contributed by atoms with E-state index < -0.39 is 0 Å². The van der Waals surface area contributed by atoms with Gasteiger partial charge in [-0.15, -0.1) is 0 Å². The van der Waals surface area contributed by atoms with Crippen LogP contribution in [0.2, 0.25) is 0 Å². The lowest BCUT2D eigenvalue weighted by atomic mass is 9.49. The van der Waals surface area contributed by atoms with Crippen molar-refractivity contribution < 1.29 is 0 Å². The maximum atomic E-state index is 2.40. The van der Waals surface area contributed by atoms with Crippen molar-refractivity contribution in [2.24, 2.45) is 0 Å². The molecule has 0 N–H and O–H groups in total. The fourth-order valence-corrected chi connectivity index (χ4v) is 3.18. The predicted molar refractivity (Wildman–Crippen MR) is 111 cm³/mol. The van der Waals surface area contributed by atoms with Crippen LogP contribution in [-0.4, -0.2) is 25.3 Å². The van der Waals surface area contributed by atoms with E-state index in [1.165, 1.54) is 22.1 Å². The fraction of sp³-hybridized carbons (Fsp3) is 0.130. The molecule has 0 saturated heterocycles. The van der Waals surface area contributed by atoms with Crippen LogP contribution in [0.1, 0.15) is 12.5 Å². The average Bonchev–Trinajstić information content (AvgIpc) is 2.69. The van der Waals surface area contributed by atoms with E-state index in [1.54, 1.807) is 0 Å². The Morgan fingerprint density at radius 1 is 0.760 bits per heavy atom. The number of nitrogens with zero attached hydrogens (tertiary/aromatic N) is 1. The van der Waals surface area contributed by atoms with E-state index in [9.17, 15) is 0 Å². The molecule has 3 rings (SSSR count). The molecule has 25 heavy (non-hydrogen) atoms. The first-order valence-corrected chi connectivity index (χ1v) is 8.78. The zero-order chi connectivity index (χ0) is 17.5. The number of hydrogen-bond donors (Lipinski definition) is 0. The lowest BCUT2D eigenvalue weighted by Crippen LogP contribution is -2.54. The standard InChI is InChI=1S/C23H24BN/c1-20(21-12-6-3-7-13-21)18-19-25(2)24(22-14-8-4-9-15-22)23-16-10-5-11-17-23/h3-18H,19H2,1-2H3/b20-18+. The summed E-state index contributed by atoms with van der Waals surface area (Å²) in [7, 11) is 2.19. The Morgan fingerprint density at radius 2 is 1.20 bits per heavy atom. The van der Waals surface area contributed by atoms with Crippen molar-refractivity contribution in [1.29, 1.82) is 0 Å². The normalized spacial score (nSPS) is 11.6. The minimum absolute atomic E-state index is 0.252. The zero-order valence-corrected chi connectivity index (χ0v) is 15.0. The summed E-state index contributed by atoms with van der Waals surface area (Å²) >= 11 is 0. The highest BCUT2D eigenvalue weighted by atomic mass is 15.0. The molecule has 0 bridgehead atoms. The minimum Gasteiger partial charge on any atom is -0.333 e. The maximum absolute atomic E-state index is 2.40.